The molecule has 0 saturated heterocycles. The first-order valence-electron chi connectivity index (χ1n) is 8.18. The molecule has 3 nitrogen and oxygen atoms in total. The van der Waals surface area contributed by atoms with Crippen molar-refractivity contribution >= 4 is 34.2 Å². The normalized spacial score (nSPS) is 12.5. The number of quaternary nitrogens is 1. The summed E-state index contributed by atoms with van der Waals surface area (Å²) in [5.74, 6) is 0. The van der Waals surface area contributed by atoms with Crippen LogP contribution in [0.1, 0.15) is 35.2 Å². The van der Waals surface area contributed by atoms with E-state index in [1.54, 1.807) is 12.1 Å². The molecule has 2 N–H and O–H groups in total. The number of nitrogens with two attached hydrogens (primary N) is 1. The van der Waals surface area contributed by atoms with E-state index in [4.69, 9.17) is 27.6 Å². The van der Waals surface area contributed by atoms with Crippen LogP contribution in [0, 0.1) is 13.8 Å². The fourth-order valence-corrected chi connectivity index (χ4v) is 3.58. The number of benzene rings is 2. The van der Waals surface area contributed by atoms with Crippen molar-refractivity contribution in [2.45, 2.75) is 33.4 Å². The van der Waals surface area contributed by atoms with E-state index in [-0.39, 0.29) is 11.7 Å². The number of rotatable bonds is 4. The highest BCUT2D eigenvalue weighted by atomic mass is 35.5. The Balaban J connectivity index is 1.90. The smallest absolute Gasteiger partial charge is 0.336 e. The maximum Gasteiger partial charge on any atom is 0.336 e. The van der Waals surface area contributed by atoms with E-state index >= 15 is 0 Å². The summed E-state index contributed by atoms with van der Waals surface area (Å²) in [5.41, 5.74) is 4.45. The number of hydrogen-bond donors (Lipinski definition) is 1. The third-order valence-corrected chi connectivity index (χ3v) is 5.22. The second-order valence-corrected chi connectivity index (χ2v) is 7.21. The molecule has 130 valence electrons. The molecule has 3 rings (SSSR count). The molecular weight excluding hydrogens is 357 g/mol. The van der Waals surface area contributed by atoms with Crippen LogP contribution in [0.5, 0.6) is 0 Å². The second kappa shape index (κ2) is 7.20. The molecule has 0 unspecified atom stereocenters. The average molecular weight is 377 g/mol. The topological polar surface area (TPSA) is 46.8 Å². The summed E-state index contributed by atoms with van der Waals surface area (Å²) in [6, 6.07) is 11.3. The van der Waals surface area contributed by atoms with E-state index in [0.29, 0.717) is 22.2 Å². The Morgan fingerprint density at radius 3 is 2.60 bits per heavy atom. The van der Waals surface area contributed by atoms with Crippen LogP contribution in [0.4, 0.5) is 0 Å². The van der Waals surface area contributed by atoms with Crippen LogP contribution in [0.25, 0.3) is 11.0 Å². The van der Waals surface area contributed by atoms with Gasteiger partial charge in [-0.3, -0.25) is 0 Å². The summed E-state index contributed by atoms with van der Waals surface area (Å²) in [6.07, 6.45) is 0. The number of aryl methyl sites for hydroxylation is 2. The van der Waals surface area contributed by atoms with Gasteiger partial charge < -0.3 is 9.73 Å². The third-order valence-electron chi connectivity index (χ3n) is 4.66. The molecule has 0 bridgehead atoms. The summed E-state index contributed by atoms with van der Waals surface area (Å²) < 4.78 is 5.43. The summed E-state index contributed by atoms with van der Waals surface area (Å²) in [6.45, 7) is 6.73. The van der Waals surface area contributed by atoms with E-state index < -0.39 is 0 Å². The molecule has 1 aromatic heterocycles. The van der Waals surface area contributed by atoms with Gasteiger partial charge in [0.05, 0.1) is 5.02 Å². The minimum absolute atomic E-state index is 0.138. The molecule has 0 aliphatic carbocycles. The monoisotopic (exact) mass is 376 g/mol. The fraction of sp³-hybridized carbons (Fsp3) is 0.250. The van der Waals surface area contributed by atoms with Gasteiger partial charge in [0.15, 0.2) is 0 Å². The molecule has 1 atom stereocenters. The van der Waals surface area contributed by atoms with E-state index in [9.17, 15) is 4.79 Å². The minimum Gasteiger partial charge on any atom is -0.422 e. The van der Waals surface area contributed by atoms with Crippen molar-refractivity contribution in [3.05, 3.63) is 79.1 Å². The van der Waals surface area contributed by atoms with Crippen molar-refractivity contribution in [1.82, 2.24) is 0 Å². The Morgan fingerprint density at radius 1 is 1.12 bits per heavy atom. The zero-order valence-corrected chi connectivity index (χ0v) is 15.9. The van der Waals surface area contributed by atoms with Crippen molar-refractivity contribution in [3.8, 4) is 0 Å². The molecule has 0 spiro atoms. The van der Waals surface area contributed by atoms with Crippen LogP contribution < -0.4 is 10.9 Å². The Labute approximate surface area is 156 Å². The number of hydrogen-bond acceptors (Lipinski definition) is 2. The van der Waals surface area contributed by atoms with Crippen molar-refractivity contribution in [2.24, 2.45) is 0 Å². The van der Waals surface area contributed by atoms with Gasteiger partial charge in [0.2, 0.25) is 0 Å². The Bertz CT molecular complexity index is 995. The van der Waals surface area contributed by atoms with Crippen molar-refractivity contribution in [1.29, 1.82) is 0 Å². The van der Waals surface area contributed by atoms with E-state index in [2.05, 4.69) is 18.3 Å². The summed E-state index contributed by atoms with van der Waals surface area (Å²) in [7, 11) is 0. The van der Waals surface area contributed by atoms with Gasteiger partial charge in [0, 0.05) is 27.6 Å². The molecule has 0 saturated carbocycles. The van der Waals surface area contributed by atoms with E-state index in [1.165, 1.54) is 0 Å². The molecule has 0 radical (unpaired) electrons. The van der Waals surface area contributed by atoms with Crippen molar-refractivity contribution in [3.63, 3.8) is 0 Å². The van der Waals surface area contributed by atoms with Gasteiger partial charge in [-0.05, 0) is 44.0 Å². The lowest BCUT2D eigenvalue weighted by Crippen LogP contribution is -2.83. The first-order chi connectivity index (χ1) is 11.9. The molecule has 0 amide bonds. The van der Waals surface area contributed by atoms with Gasteiger partial charge >= 0.3 is 5.63 Å². The molecule has 2 aromatic carbocycles. The molecule has 1 heterocycles. The zero-order valence-electron chi connectivity index (χ0n) is 14.4. The van der Waals surface area contributed by atoms with Gasteiger partial charge in [-0.1, -0.05) is 41.4 Å². The van der Waals surface area contributed by atoms with Gasteiger partial charge in [-0.25, -0.2) is 4.79 Å². The minimum atomic E-state index is -0.318. The highest BCUT2D eigenvalue weighted by Crippen LogP contribution is 2.25. The maximum atomic E-state index is 12.0. The van der Waals surface area contributed by atoms with Crippen LogP contribution in [-0.4, -0.2) is 0 Å². The predicted molar refractivity (Wildman–Crippen MR) is 102 cm³/mol. The molecule has 0 fully saturated rings. The lowest BCUT2D eigenvalue weighted by atomic mass is 10.0. The number of halogens is 2. The third kappa shape index (κ3) is 3.74. The van der Waals surface area contributed by atoms with E-state index in [1.807, 2.05) is 32.0 Å². The Hall–Kier alpha value is -1.81. The second-order valence-electron chi connectivity index (χ2n) is 6.37. The van der Waals surface area contributed by atoms with Crippen LogP contribution in [0.15, 0.2) is 45.6 Å². The van der Waals surface area contributed by atoms with Gasteiger partial charge in [0.1, 0.15) is 18.2 Å². The Morgan fingerprint density at radius 2 is 1.88 bits per heavy atom. The average Bonchev–Trinajstić information content (AvgIpc) is 2.56. The highest BCUT2D eigenvalue weighted by Gasteiger charge is 2.15. The molecule has 5 heteroatoms. The number of fused-ring (bicyclic) bond motifs is 1. The molecular formula is C20H20Cl2NO2+. The first kappa shape index (κ1) is 18.0. The van der Waals surface area contributed by atoms with Gasteiger partial charge in [-0.15, -0.1) is 0 Å². The van der Waals surface area contributed by atoms with Crippen LogP contribution >= 0.6 is 23.2 Å². The SMILES string of the molecule is Cc1ccc2c(C[NH2+][C@@H](C)c3ccc(Cl)cc3Cl)cc(=O)oc2c1C. The lowest BCUT2D eigenvalue weighted by Gasteiger charge is -2.14. The van der Waals surface area contributed by atoms with Crippen molar-refractivity contribution < 1.29 is 9.73 Å². The fourth-order valence-electron chi connectivity index (χ4n) is 2.99. The molecule has 0 aliphatic rings. The van der Waals surface area contributed by atoms with Gasteiger partial charge in [0.25, 0.3) is 0 Å². The summed E-state index contributed by atoms with van der Waals surface area (Å²) in [5, 5.41) is 4.41. The maximum absolute atomic E-state index is 12.0. The standard InChI is InChI=1S/C20H19Cl2NO2/c1-11-4-6-17-14(8-19(24)25-20(17)12(11)2)10-23-13(3)16-7-5-15(21)9-18(16)22/h4-9,13,23H,10H2,1-3H3/p+1/t13-/m0/s1. The first-order valence-corrected chi connectivity index (χ1v) is 8.93. The zero-order chi connectivity index (χ0) is 18.1. The largest absolute Gasteiger partial charge is 0.422 e. The quantitative estimate of drug-likeness (QED) is 0.679. The van der Waals surface area contributed by atoms with Crippen LogP contribution in [0.3, 0.4) is 0 Å². The highest BCUT2D eigenvalue weighted by molar-refractivity contribution is 6.35. The Kier molecular flexibility index (Phi) is 5.19. The summed E-state index contributed by atoms with van der Waals surface area (Å²) >= 11 is 12.3. The summed E-state index contributed by atoms with van der Waals surface area (Å²) in [4.78, 5) is 12.0. The molecule has 25 heavy (non-hydrogen) atoms. The van der Waals surface area contributed by atoms with E-state index in [0.717, 1.165) is 27.6 Å². The predicted octanol–water partition coefficient (Wildman–Crippen LogP) is 4.54. The molecule has 3 aromatic rings. The lowest BCUT2D eigenvalue weighted by molar-refractivity contribution is -0.707. The van der Waals surface area contributed by atoms with Crippen molar-refractivity contribution in [2.75, 3.05) is 0 Å². The molecule has 0 aliphatic heterocycles. The van der Waals surface area contributed by atoms with Crippen LogP contribution in [0.2, 0.25) is 10.0 Å². The van der Waals surface area contributed by atoms with Gasteiger partial charge in [-0.2, -0.15) is 0 Å². The van der Waals surface area contributed by atoms with Crippen LogP contribution in [-0.2, 0) is 6.54 Å².